The summed E-state index contributed by atoms with van der Waals surface area (Å²) in [6.45, 7) is 2.01. The quantitative estimate of drug-likeness (QED) is 0.865. The van der Waals surface area contributed by atoms with Crippen LogP contribution in [0.2, 0.25) is 0 Å². The molecule has 92 valence electrons. The number of hydrogen-bond acceptors (Lipinski definition) is 3. The second-order valence-corrected chi connectivity index (χ2v) is 4.15. The normalized spacial score (nSPS) is 10.1. The Bertz CT molecular complexity index is 549. The number of carbonyl (C=O) groups excluding carboxylic acids is 1. The van der Waals surface area contributed by atoms with Crippen molar-refractivity contribution in [3.8, 4) is 0 Å². The number of amides is 1. The Labute approximate surface area is 106 Å². The molecule has 2 aromatic rings. The fraction of sp³-hybridized carbons (Fsp3) is 0.143. The maximum absolute atomic E-state index is 11.8. The number of carbonyl (C=O) groups is 1. The summed E-state index contributed by atoms with van der Waals surface area (Å²) in [5.41, 5.74) is 8.31. The number of aromatic nitrogens is 1. The van der Waals surface area contributed by atoms with Crippen LogP contribution in [0.1, 0.15) is 11.1 Å². The minimum atomic E-state index is -0.121. The van der Waals surface area contributed by atoms with Gasteiger partial charge in [-0.1, -0.05) is 29.8 Å². The predicted octanol–water partition coefficient (Wildman–Crippen LogP) is 2.15. The number of aryl methyl sites for hydroxylation is 1. The van der Waals surface area contributed by atoms with Crippen LogP contribution < -0.4 is 11.1 Å². The molecule has 1 heterocycles. The lowest BCUT2D eigenvalue weighted by Gasteiger charge is -2.06. The lowest BCUT2D eigenvalue weighted by molar-refractivity contribution is -0.115. The molecule has 0 atom stereocenters. The van der Waals surface area contributed by atoms with Gasteiger partial charge in [-0.3, -0.25) is 4.79 Å². The van der Waals surface area contributed by atoms with Gasteiger partial charge >= 0.3 is 0 Å². The van der Waals surface area contributed by atoms with E-state index in [2.05, 4.69) is 10.3 Å². The Morgan fingerprint density at radius 2 is 2.00 bits per heavy atom. The van der Waals surface area contributed by atoms with Crippen molar-refractivity contribution in [3.63, 3.8) is 0 Å². The molecule has 1 amide bonds. The third-order valence-corrected chi connectivity index (χ3v) is 2.58. The zero-order valence-corrected chi connectivity index (χ0v) is 10.2. The van der Waals surface area contributed by atoms with Crippen molar-refractivity contribution < 1.29 is 4.79 Å². The van der Waals surface area contributed by atoms with E-state index in [4.69, 9.17) is 5.73 Å². The van der Waals surface area contributed by atoms with Gasteiger partial charge in [0.25, 0.3) is 0 Å². The van der Waals surface area contributed by atoms with Crippen molar-refractivity contribution in [2.75, 3.05) is 11.1 Å². The number of anilines is 2. The summed E-state index contributed by atoms with van der Waals surface area (Å²) in [5, 5.41) is 2.70. The second kappa shape index (κ2) is 5.31. The van der Waals surface area contributed by atoms with Crippen LogP contribution in [0.25, 0.3) is 0 Å². The summed E-state index contributed by atoms with van der Waals surface area (Å²) in [6.07, 6.45) is 1.91. The molecule has 0 aliphatic rings. The van der Waals surface area contributed by atoms with Gasteiger partial charge < -0.3 is 11.1 Å². The van der Waals surface area contributed by atoms with Gasteiger partial charge in [0, 0.05) is 6.20 Å². The summed E-state index contributed by atoms with van der Waals surface area (Å²) >= 11 is 0. The van der Waals surface area contributed by atoms with Gasteiger partial charge in [-0.15, -0.1) is 0 Å². The van der Waals surface area contributed by atoms with Crippen molar-refractivity contribution in [1.82, 2.24) is 4.98 Å². The fourth-order valence-electron chi connectivity index (χ4n) is 1.59. The Balaban J connectivity index is 2.01. The molecule has 0 saturated carbocycles. The van der Waals surface area contributed by atoms with Gasteiger partial charge in [0.2, 0.25) is 5.91 Å². The van der Waals surface area contributed by atoms with Gasteiger partial charge in [-0.05, 0) is 24.6 Å². The highest BCUT2D eigenvalue weighted by atomic mass is 16.1. The third-order valence-electron chi connectivity index (χ3n) is 2.58. The lowest BCUT2D eigenvalue weighted by Crippen LogP contribution is -2.16. The van der Waals surface area contributed by atoms with E-state index in [9.17, 15) is 4.79 Å². The number of nitrogens with one attached hydrogen (secondary N) is 1. The molecule has 1 aromatic carbocycles. The van der Waals surface area contributed by atoms with Crippen molar-refractivity contribution in [2.45, 2.75) is 13.3 Å². The van der Waals surface area contributed by atoms with E-state index in [0.29, 0.717) is 17.9 Å². The smallest absolute Gasteiger partial charge is 0.230 e. The Hall–Kier alpha value is -2.36. The monoisotopic (exact) mass is 241 g/mol. The predicted molar refractivity (Wildman–Crippen MR) is 72.2 cm³/mol. The first-order valence-corrected chi connectivity index (χ1v) is 5.71. The van der Waals surface area contributed by atoms with E-state index in [0.717, 1.165) is 5.56 Å². The fourth-order valence-corrected chi connectivity index (χ4v) is 1.59. The number of benzene rings is 1. The maximum atomic E-state index is 11.8. The molecule has 4 heteroatoms. The van der Waals surface area contributed by atoms with E-state index < -0.39 is 0 Å². The van der Waals surface area contributed by atoms with Gasteiger partial charge in [0.15, 0.2) is 5.82 Å². The van der Waals surface area contributed by atoms with Crippen LogP contribution in [-0.2, 0) is 11.2 Å². The molecule has 0 aliphatic heterocycles. The summed E-state index contributed by atoms with van der Waals surface area (Å²) in [6, 6.07) is 11.3. The van der Waals surface area contributed by atoms with Crippen molar-refractivity contribution in [3.05, 3.63) is 53.7 Å². The third kappa shape index (κ3) is 3.07. The molecule has 4 nitrogen and oxygen atoms in total. The highest BCUT2D eigenvalue weighted by Gasteiger charge is 2.06. The van der Waals surface area contributed by atoms with E-state index in [1.54, 1.807) is 18.3 Å². The number of nitrogens with zero attached hydrogens (tertiary/aromatic N) is 1. The second-order valence-electron chi connectivity index (χ2n) is 4.15. The first kappa shape index (κ1) is 12.1. The van der Waals surface area contributed by atoms with E-state index in [1.807, 2.05) is 31.2 Å². The molecule has 0 spiro atoms. The molecule has 0 saturated heterocycles. The van der Waals surface area contributed by atoms with Crippen LogP contribution in [-0.4, -0.2) is 10.9 Å². The molecular formula is C14H15N3O. The molecule has 1 aromatic heterocycles. The van der Waals surface area contributed by atoms with Crippen molar-refractivity contribution in [1.29, 1.82) is 0 Å². The maximum Gasteiger partial charge on any atom is 0.230 e. The number of nitrogens with two attached hydrogens (primary N) is 1. The van der Waals surface area contributed by atoms with Crippen LogP contribution >= 0.6 is 0 Å². The molecule has 2 rings (SSSR count). The number of nitrogen functional groups attached to an aromatic ring is 1. The Morgan fingerprint density at radius 1 is 1.28 bits per heavy atom. The van der Waals surface area contributed by atoms with Gasteiger partial charge in [0.1, 0.15) is 0 Å². The van der Waals surface area contributed by atoms with Crippen molar-refractivity contribution in [2.24, 2.45) is 0 Å². The summed E-state index contributed by atoms with van der Waals surface area (Å²) in [4.78, 5) is 15.8. The van der Waals surface area contributed by atoms with Gasteiger partial charge in [-0.25, -0.2) is 4.98 Å². The minimum absolute atomic E-state index is 0.121. The largest absolute Gasteiger partial charge is 0.396 e. The summed E-state index contributed by atoms with van der Waals surface area (Å²) in [5.74, 6) is 0.291. The summed E-state index contributed by atoms with van der Waals surface area (Å²) in [7, 11) is 0. The van der Waals surface area contributed by atoms with Crippen LogP contribution in [0.15, 0.2) is 42.6 Å². The number of rotatable bonds is 3. The molecule has 0 fully saturated rings. The number of hydrogen-bond donors (Lipinski definition) is 2. The average molecular weight is 241 g/mol. The molecule has 0 aliphatic carbocycles. The minimum Gasteiger partial charge on any atom is -0.396 e. The zero-order valence-electron chi connectivity index (χ0n) is 10.2. The van der Waals surface area contributed by atoms with Crippen LogP contribution in [0.4, 0.5) is 11.5 Å². The van der Waals surface area contributed by atoms with E-state index in [-0.39, 0.29) is 5.91 Å². The highest BCUT2D eigenvalue weighted by Crippen LogP contribution is 2.13. The standard InChI is InChI=1S/C14H15N3O/c1-10-4-6-11(7-5-10)9-13(18)17-14-12(15)3-2-8-16-14/h2-8H,9,15H2,1H3,(H,16,17,18). The Morgan fingerprint density at radius 3 is 2.67 bits per heavy atom. The van der Waals surface area contributed by atoms with Crippen LogP contribution in [0.3, 0.4) is 0 Å². The first-order valence-electron chi connectivity index (χ1n) is 5.71. The van der Waals surface area contributed by atoms with Crippen molar-refractivity contribution >= 4 is 17.4 Å². The molecule has 0 radical (unpaired) electrons. The van der Waals surface area contributed by atoms with E-state index >= 15 is 0 Å². The highest BCUT2D eigenvalue weighted by molar-refractivity contribution is 5.93. The Kier molecular flexibility index (Phi) is 3.57. The molecule has 18 heavy (non-hydrogen) atoms. The topological polar surface area (TPSA) is 68.0 Å². The van der Waals surface area contributed by atoms with Gasteiger partial charge in [-0.2, -0.15) is 0 Å². The first-order chi connectivity index (χ1) is 8.65. The molecule has 3 N–H and O–H groups in total. The molecule has 0 bridgehead atoms. The van der Waals surface area contributed by atoms with Gasteiger partial charge in [0.05, 0.1) is 12.1 Å². The average Bonchev–Trinajstić information content (AvgIpc) is 2.35. The summed E-state index contributed by atoms with van der Waals surface area (Å²) < 4.78 is 0. The zero-order chi connectivity index (χ0) is 13.0. The molecular weight excluding hydrogens is 226 g/mol. The van der Waals surface area contributed by atoms with E-state index in [1.165, 1.54) is 5.56 Å². The van der Waals surface area contributed by atoms with Crippen LogP contribution in [0.5, 0.6) is 0 Å². The lowest BCUT2D eigenvalue weighted by atomic mass is 10.1. The number of pyridine rings is 1. The SMILES string of the molecule is Cc1ccc(CC(=O)Nc2ncccc2N)cc1. The van der Waals surface area contributed by atoms with Crippen LogP contribution in [0, 0.1) is 6.92 Å². The molecule has 0 unspecified atom stereocenters.